The van der Waals surface area contributed by atoms with E-state index in [1.165, 1.54) is 0 Å². The average Bonchev–Trinajstić information content (AvgIpc) is 2.17. The Bertz CT molecular complexity index is 309. The van der Waals surface area contributed by atoms with E-state index in [0.717, 1.165) is 18.5 Å². The molecule has 0 aliphatic carbocycles. The number of para-hydroxylation sites is 1. The number of aldehydes is 1. The van der Waals surface area contributed by atoms with E-state index >= 15 is 0 Å². The van der Waals surface area contributed by atoms with Gasteiger partial charge in [-0.2, -0.15) is 0 Å². The molecule has 0 unspecified atom stereocenters. The highest BCUT2D eigenvalue weighted by Gasteiger charge is 2.12. The highest BCUT2D eigenvalue weighted by Crippen LogP contribution is 2.29. The van der Waals surface area contributed by atoms with Crippen molar-refractivity contribution in [1.29, 1.82) is 0 Å². The Hall–Kier alpha value is -1.51. The van der Waals surface area contributed by atoms with Crippen LogP contribution in [-0.4, -0.2) is 19.4 Å². The smallest absolute Gasteiger partial charge is 0.153 e. The van der Waals surface area contributed by atoms with Gasteiger partial charge < -0.3 is 10.1 Å². The molecule has 0 atom stereocenters. The number of carbonyl (C=O) groups excluding carboxylic acids is 1. The number of benzene rings is 1. The third-order valence-corrected chi connectivity index (χ3v) is 1.84. The van der Waals surface area contributed by atoms with Gasteiger partial charge in [0, 0.05) is 6.54 Å². The lowest BCUT2D eigenvalue weighted by atomic mass is 10.1. The zero-order chi connectivity index (χ0) is 8.39. The molecule has 3 heteroatoms. The first-order valence-corrected chi connectivity index (χ1v) is 3.86. The molecule has 0 aromatic heterocycles. The van der Waals surface area contributed by atoms with Gasteiger partial charge in [0.15, 0.2) is 12.0 Å². The van der Waals surface area contributed by atoms with E-state index in [-0.39, 0.29) is 0 Å². The fraction of sp³-hybridized carbons (Fsp3) is 0.222. The Morgan fingerprint density at radius 3 is 3.25 bits per heavy atom. The number of anilines is 1. The van der Waals surface area contributed by atoms with Crippen LogP contribution in [0.5, 0.6) is 5.75 Å². The number of nitrogens with one attached hydrogen (secondary N) is 1. The first-order chi connectivity index (χ1) is 5.92. The molecule has 1 N–H and O–H groups in total. The monoisotopic (exact) mass is 163 g/mol. The van der Waals surface area contributed by atoms with Gasteiger partial charge in [-0.3, -0.25) is 4.79 Å². The highest BCUT2D eigenvalue weighted by molar-refractivity contribution is 5.84. The van der Waals surface area contributed by atoms with E-state index in [4.69, 9.17) is 4.74 Å². The second-order valence-electron chi connectivity index (χ2n) is 2.62. The minimum Gasteiger partial charge on any atom is -0.489 e. The van der Waals surface area contributed by atoms with Crippen molar-refractivity contribution in [3.63, 3.8) is 0 Å². The van der Waals surface area contributed by atoms with Gasteiger partial charge >= 0.3 is 0 Å². The molecule has 2 rings (SSSR count). The minimum atomic E-state index is 0.611. The zero-order valence-electron chi connectivity index (χ0n) is 6.54. The molecule has 0 saturated heterocycles. The second kappa shape index (κ2) is 2.85. The maximum absolute atomic E-state index is 10.6. The Labute approximate surface area is 70.3 Å². The summed E-state index contributed by atoms with van der Waals surface area (Å²) in [6.45, 7) is 1.42. The van der Waals surface area contributed by atoms with Crippen LogP contribution in [0, 0.1) is 0 Å². The van der Waals surface area contributed by atoms with Crippen LogP contribution >= 0.6 is 0 Å². The fourth-order valence-electron chi connectivity index (χ4n) is 1.29. The Morgan fingerprint density at radius 2 is 2.42 bits per heavy atom. The van der Waals surface area contributed by atoms with E-state index in [9.17, 15) is 4.79 Å². The number of carbonyl (C=O) groups is 1. The van der Waals surface area contributed by atoms with Crippen LogP contribution in [0.3, 0.4) is 0 Å². The van der Waals surface area contributed by atoms with E-state index in [1.807, 2.05) is 12.1 Å². The standard InChI is InChI=1S/C9H9NO2/c11-6-7-2-1-3-8-9(7)12-5-4-10-8/h1-3,6,10H,4-5H2. The van der Waals surface area contributed by atoms with Crippen LogP contribution in [-0.2, 0) is 0 Å². The summed E-state index contributed by atoms with van der Waals surface area (Å²) < 4.78 is 5.35. The number of ether oxygens (including phenoxy) is 1. The Kier molecular flexibility index (Phi) is 1.70. The summed E-state index contributed by atoms with van der Waals surface area (Å²) in [5, 5.41) is 3.15. The normalized spacial score (nSPS) is 14.0. The molecule has 0 bridgehead atoms. The summed E-state index contributed by atoms with van der Waals surface area (Å²) in [4.78, 5) is 10.6. The van der Waals surface area contributed by atoms with Gasteiger partial charge in [-0.15, -0.1) is 0 Å². The van der Waals surface area contributed by atoms with Crippen LogP contribution in [0.2, 0.25) is 0 Å². The molecule has 12 heavy (non-hydrogen) atoms. The molecule has 1 aliphatic rings. The van der Waals surface area contributed by atoms with Crippen molar-refractivity contribution in [2.24, 2.45) is 0 Å². The molecule has 1 heterocycles. The first kappa shape index (κ1) is 7.16. The van der Waals surface area contributed by atoms with Gasteiger partial charge in [0.2, 0.25) is 0 Å². The van der Waals surface area contributed by atoms with E-state index in [1.54, 1.807) is 6.07 Å². The maximum atomic E-state index is 10.6. The third kappa shape index (κ3) is 1.03. The van der Waals surface area contributed by atoms with Crippen molar-refractivity contribution >= 4 is 12.0 Å². The average molecular weight is 163 g/mol. The van der Waals surface area contributed by atoms with Crippen molar-refractivity contribution in [2.75, 3.05) is 18.5 Å². The molecule has 0 amide bonds. The summed E-state index contributed by atoms with van der Waals surface area (Å²) >= 11 is 0. The minimum absolute atomic E-state index is 0.611. The Morgan fingerprint density at radius 1 is 1.50 bits per heavy atom. The molecule has 3 nitrogen and oxygen atoms in total. The molecule has 1 aliphatic heterocycles. The molecular weight excluding hydrogens is 154 g/mol. The van der Waals surface area contributed by atoms with Gasteiger partial charge in [0.1, 0.15) is 6.61 Å². The van der Waals surface area contributed by atoms with Crippen molar-refractivity contribution in [3.05, 3.63) is 23.8 Å². The van der Waals surface area contributed by atoms with E-state index in [2.05, 4.69) is 5.32 Å². The number of fused-ring (bicyclic) bond motifs is 1. The lowest BCUT2D eigenvalue weighted by molar-refractivity contribution is 0.111. The summed E-state index contributed by atoms with van der Waals surface area (Å²) in [5.74, 6) is 0.679. The molecule has 1 aromatic rings. The van der Waals surface area contributed by atoms with Crippen LogP contribution in [0.15, 0.2) is 18.2 Å². The largest absolute Gasteiger partial charge is 0.489 e. The van der Waals surface area contributed by atoms with E-state index in [0.29, 0.717) is 17.9 Å². The predicted molar refractivity (Wildman–Crippen MR) is 45.8 cm³/mol. The maximum Gasteiger partial charge on any atom is 0.153 e. The van der Waals surface area contributed by atoms with Gasteiger partial charge in [-0.05, 0) is 12.1 Å². The molecule has 62 valence electrons. The van der Waals surface area contributed by atoms with Gasteiger partial charge in [0.05, 0.1) is 11.3 Å². The summed E-state index contributed by atoms with van der Waals surface area (Å²) in [5.41, 5.74) is 1.52. The topological polar surface area (TPSA) is 38.3 Å². The zero-order valence-corrected chi connectivity index (χ0v) is 6.54. The molecule has 0 fully saturated rings. The highest BCUT2D eigenvalue weighted by atomic mass is 16.5. The predicted octanol–water partition coefficient (Wildman–Crippen LogP) is 1.30. The van der Waals surface area contributed by atoms with Crippen LogP contribution in [0.1, 0.15) is 10.4 Å². The first-order valence-electron chi connectivity index (χ1n) is 3.86. The molecule has 0 radical (unpaired) electrons. The summed E-state index contributed by atoms with van der Waals surface area (Å²) in [6.07, 6.45) is 0.811. The molecule has 1 aromatic carbocycles. The molecular formula is C9H9NO2. The number of rotatable bonds is 1. The van der Waals surface area contributed by atoms with Gasteiger partial charge in [-0.25, -0.2) is 0 Å². The fourth-order valence-corrected chi connectivity index (χ4v) is 1.29. The molecule has 0 saturated carbocycles. The number of hydrogen-bond acceptors (Lipinski definition) is 3. The van der Waals surface area contributed by atoms with Crippen LogP contribution < -0.4 is 10.1 Å². The SMILES string of the molecule is O=Cc1cccc2c1OCCN2. The Balaban J connectivity index is 2.51. The quantitative estimate of drug-likeness (QED) is 0.634. The van der Waals surface area contributed by atoms with Crippen LogP contribution in [0.25, 0.3) is 0 Å². The van der Waals surface area contributed by atoms with Crippen molar-refractivity contribution in [3.8, 4) is 5.75 Å². The van der Waals surface area contributed by atoms with Crippen molar-refractivity contribution in [1.82, 2.24) is 0 Å². The lowest BCUT2D eigenvalue weighted by Gasteiger charge is -2.19. The van der Waals surface area contributed by atoms with Crippen molar-refractivity contribution in [2.45, 2.75) is 0 Å². The summed E-state index contributed by atoms with van der Waals surface area (Å²) in [6, 6.07) is 5.49. The van der Waals surface area contributed by atoms with Crippen LogP contribution in [0.4, 0.5) is 5.69 Å². The summed E-state index contributed by atoms with van der Waals surface area (Å²) in [7, 11) is 0. The van der Waals surface area contributed by atoms with Gasteiger partial charge in [0.25, 0.3) is 0 Å². The van der Waals surface area contributed by atoms with Gasteiger partial charge in [-0.1, -0.05) is 6.07 Å². The third-order valence-electron chi connectivity index (χ3n) is 1.84. The number of hydrogen-bond donors (Lipinski definition) is 1. The van der Waals surface area contributed by atoms with E-state index < -0.39 is 0 Å². The molecule has 0 spiro atoms. The van der Waals surface area contributed by atoms with Crippen molar-refractivity contribution < 1.29 is 9.53 Å². The second-order valence-corrected chi connectivity index (χ2v) is 2.62. The lowest BCUT2D eigenvalue weighted by Crippen LogP contribution is -2.18.